The molecule has 23 heavy (non-hydrogen) atoms. The summed E-state index contributed by atoms with van der Waals surface area (Å²) < 4.78 is 5.04. The van der Waals surface area contributed by atoms with Gasteiger partial charge in [0.25, 0.3) is 5.91 Å². The fourth-order valence-corrected chi connectivity index (χ4v) is 2.24. The zero-order valence-electron chi connectivity index (χ0n) is 13.7. The molecule has 0 aromatic heterocycles. The van der Waals surface area contributed by atoms with E-state index >= 15 is 0 Å². The minimum absolute atomic E-state index is 0.165. The Labute approximate surface area is 136 Å². The summed E-state index contributed by atoms with van der Waals surface area (Å²) in [5.74, 6) is -0.747. The van der Waals surface area contributed by atoms with E-state index in [9.17, 15) is 9.59 Å². The molecule has 2 aromatic carbocycles. The fourth-order valence-electron chi connectivity index (χ4n) is 2.24. The number of hydrogen-bond donors (Lipinski definition) is 1. The van der Waals surface area contributed by atoms with Gasteiger partial charge in [-0.3, -0.25) is 9.59 Å². The number of aryl methyl sites for hydroxylation is 3. The minimum Gasteiger partial charge on any atom is -0.455 e. The number of amides is 1. The molecule has 4 nitrogen and oxygen atoms in total. The lowest BCUT2D eigenvalue weighted by Gasteiger charge is -2.10. The SMILES string of the molecule is Cc1cccc(CC(=O)OCC(=O)Nc2cc(C)ccc2C)c1. The molecule has 2 rings (SSSR count). The van der Waals surface area contributed by atoms with Gasteiger partial charge in [0.15, 0.2) is 6.61 Å². The molecule has 0 atom stereocenters. The predicted octanol–water partition coefficient (Wildman–Crippen LogP) is 3.34. The Morgan fingerprint density at radius 3 is 2.48 bits per heavy atom. The van der Waals surface area contributed by atoms with Crippen molar-refractivity contribution in [2.45, 2.75) is 27.2 Å². The van der Waals surface area contributed by atoms with Gasteiger partial charge in [0.2, 0.25) is 0 Å². The van der Waals surface area contributed by atoms with Gasteiger partial charge in [-0.2, -0.15) is 0 Å². The van der Waals surface area contributed by atoms with Crippen LogP contribution in [0.1, 0.15) is 22.3 Å². The molecule has 0 spiro atoms. The molecule has 1 N–H and O–H groups in total. The first-order chi connectivity index (χ1) is 10.9. The summed E-state index contributed by atoms with van der Waals surface area (Å²) in [5, 5.41) is 2.76. The summed E-state index contributed by atoms with van der Waals surface area (Å²) in [6.07, 6.45) is 0.165. The van der Waals surface area contributed by atoms with Gasteiger partial charge in [-0.1, -0.05) is 42.0 Å². The first-order valence-electron chi connectivity index (χ1n) is 7.52. The van der Waals surface area contributed by atoms with Crippen molar-refractivity contribution in [1.82, 2.24) is 0 Å². The van der Waals surface area contributed by atoms with Crippen molar-refractivity contribution in [2.24, 2.45) is 0 Å². The van der Waals surface area contributed by atoms with Crippen LogP contribution in [-0.4, -0.2) is 18.5 Å². The molecule has 1 amide bonds. The van der Waals surface area contributed by atoms with Gasteiger partial charge in [-0.05, 0) is 43.5 Å². The zero-order chi connectivity index (χ0) is 16.8. The third-order valence-electron chi connectivity index (χ3n) is 3.46. The molecule has 0 saturated carbocycles. The highest BCUT2D eigenvalue weighted by atomic mass is 16.5. The molecule has 120 valence electrons. The third kappa shape index (κ3) is 5.25. The van der Waals surface area contributed by atoms with Crippen LogP contribution in [-0.2, 0) is 20.7 Å². The fraction of sp³-hybridized carbons (Fsp3) is 0.263. The quantitative estimate of drug-likeness (QED) is 0.862. The summed E-state index contributed by atoms with van der Waals surface area (Å²) in [4.78, 5) is 23.7. The second-order valence-electron chi connectivity index (χ2n) is 5.69. The Bertz CT molecular complexity index is 722. The topological polar surface area (TPSA) is 55.4 Å². The van der Waals surface area contributed by atoms with Crippen molar-refractivity contribution in [3.05, 3.63) is 64.7 Å². The van der Waals surface area contributed by atoms with Crippen LogP contribution in [0.5, 0.6) is 0 Å². The second-order valence-corrected chi connectivity index (χ2v) is 5.69. The Kier molecular flexibility index (Phi) is 5.52. The van der Waals surface area contributed by atoms with Crippen molar-refractivity contribution >= 4 is 17.6 Å². The molecule has 0 unspecified atom stereocenters. The molecule has 0 heterocycles. The van der Waals surface area contributed by atoms with Crippen LogP contribution < -0.4 is 5.32 Å². The van der Waals surface area contributed by atoms with Crippen LogP contribution in [0.4, 0.5) is 5.69 Å². The second kappa shape index (κ2) is 7.58. The van der Waals surface area contributed by atoms with E-state index in [4.69, 9.17) is 4.74 Å². The van der Waals surface area contributed by atoms with E-state index in [2.05, 4.69) is 5.32 Å². The smallest absolute Gasteiger partial charge is 0.310 e. The molecule has 0 aliphatic carbocycles. The van der Waals surface area contributed by atoms with Crippen LogP contribution in [0.2, 0.25) is 0 Å². The van der Waals surface area contributed by atoms with Crippen LogP contribution in [0.15, 0.2) is 42.5 Å². The van der Waals surface area contributed by atoms with Gasteiger partial charge >= 0.3 is 5.97 Å². The van der Waals surface area contributed by atoms with Crippen LogP contribution in [0, 0.1) is 20.8 Å². The average molecular weight is 311 g/mol. The van der Waals surface area contributed by atoms with Crippen LogP contribution >= 0.6 is 0 Å². The van der Waals surface area contributed by atoms with Crippen LogP contribution in [0.25, 0.3) is 0 Å². The summed E-state index contributed by atoms with van der Waals surface area (Å²) in [6.45, 7) is 5.56. The zero-order valence-corrected chi connectivity index (χ0v) is 13.7. The number of carbonyl (C=O) groups excluding carboxylic acids is 2. The van der Waals surface area contributed by atoms with E-state index in [0.717, 1.165) is 27.9 Å². The van der Waals surface area contributed by atoms with Crippen LogP contribution in [0.3, 0.4) is 0 Å². The van der Waals surface area contributed by atoms with E-state index in [0.29, 0.717) is 0 Å². The normalized spacial score (nSPS) is 10.2. The number of benzene rings is 2. The molecule has 0 saturated heterocycles. The van der Waals surface area contributed by atoms with Gasteiger partial charge in [0.05, 0.1) is 6.42 Å². The number of carbonyl (C=O) groups is 2. The number of nitrogens with one attached hydrogen (secondary N) is 1. The standard InChI is InChI=1S/C19H21NO3/c1-13-5-4-6-16(9-13)11-19(22)23-12-18(21)20-17-10-14(2)7-8-15(17)3/h4-10H,11-12H2,1-3H3,(H,20,21). The molecular formula is C19H21NO3. The number of hydrogen-bond acceptors (Lipinski definition) is 3. The summed E-state index contributed by atoms with van der Waals surface area (Å²) >= 11 is 0. The van der Waals surface area contributed by atoms with Gasteiger partial charge in [0.1, 0.15) is 0 Å². The number of ether oxygens (including phenoxy) is 1. The first kappa shape index (κ1) is 16.7. The van der Waals surface area contributed by atoms with Gasteiger partial charge in [-0.25, -0.2) is 0 Å². The lowest BCUT2D eigenvalue weighted by Crippen LogP contribution is -2.22. The largest absolute Gasteiger partial charge is 0.455 e. The summed E-state index contributed by atoms with van der Waals surface area (Å²) in [6, 6.07) is 13.5. The molecule has 0 fully saturated rings. The molecule has 2 aromatic rings. The number of rotatable bonds is 5. The molecule has 0 radical (unpaired) electrons. The third-order valence-corrected chi connectivity index (χ3v) is 3.46. The van der Waals surface area contributed by atoms with Crippen molar-refractivity contribution in [3.63, 3.8) is 0 Å². The van der Waals surface area contributed by atoms with Crippen molar-refractivity contribution in [2.75, 3.05) is 11.9 Å². The van der Waals surface area contributed by atoms with E-state index < -0.39 is 5.97 Å². The number of esters is 1. The van der Waals surface area contributed by atoms with E-state index in [1.165, 1.54) is 0 Å². The van der Waals surface area contributed by atoms with E-state index in [-0.39, 0.29) is 18.9 Å². The molecular weight excluding hydrogens is 290 g/mol. The maximum absolute atomic E-state index is 11.9. The average Bonchev–Trinajstić information content (AvgIpc) is 2.49. The molecule has 0 bridgehead atoms. The summed E-state index contributed by atoms with van der Waals surface area (Å²) in [5.41, 5.74) is 4.73. The Hall–Kier alpha value is -2.62. The highest BCUT2D eigenvalue weighted by Crippen LogP contribution is 2.16. The number of anilines is 1. The lowest BCUT2D eigenvalue weighted by atomic mass is 10.1. The van der Waals surface area contributed by atoms with E-state index in [1.54, 1.807) is 0 Å². The van der Waals surface area contributed by atoms with Crippen molar-refractivity contribution in [1.29, 1.82) is 0 Å². The maximum atomic E-state index is 11.9. The monoisotopic (exact) mass is 311 g/mol. The van der Waals surface area contributed by atoms with Gasteiger partial charge < -0.3 is 10.1 Å². The van der Waals surface area contributed by atoms with Gasteiger partial charge in [0, 0.05) is 5.69 Å². The maximum Gasteiger partial charge on any atom is 0.310 e. The highest BCUT2D eigenvalue weighted by molar-refractivity contribution is 5.93. The molecule has 0 aliphatic heterocycles. The van der Waals surface area contributed by atoms with E-state index in [1.807, 2.05) is 63.2 Å². The highest BCUT2D eigenvalue weighted by Gasteiger charge is 2.10. The molecule has 0 aliphatic rings. The van der Waals surface area contributed by atoms with Crippen molar-refractivity contribution < 1.29 is 14.3 Å². The predicted molar refractivity (Wildman–Crippen MR) is 90.4 cm³/mol. The van der Waals surface area contributed by atoms with Crippen molar-refractivity contribution in [3.8, 4) is 0 Å². The summed E-state index contributed by atoms with van der Waals surface area (Å²) in [7, 11) is 0. The first-order valence-corrected chi connectivity index (χ1v) is 7.52. The lowest BCUT2D eigenvalue weighted by molar-refractivity contribution is -0.146. The molecule has 4 heteroatoms. The Morgan fingerprint density at radius 2 is 1.74 bits per heavy atom. The minimum atomic E-state index is -0.410. The Balaban J connectivity index is 1.84. The van der Waals surface area contributed by atoms with Gasteiger partial charge in [-0.15, -0.1) is 0 Å². The Morgan fingerprint density at radius 1 is 1.00 bits per heavy atom.